The minimum Gasteiger partial charge on any atom is -1.00 e. The second-order valence-corrected chi connectivity index (χ2v) is 20.3. The van der Waals surface area contributed by atoms with Gasteiger partial charge in [-0.2, -0.15) is 0 Å². The maximum absolute atomic E-state index is 4.81. The Morgan fingerprint density at radius 2 is 0.682 bits per heavy atom. The van der Waals surface area contributed by atoms with Crippen LogP contribution >= 0.6 is 104 Å². The van der Waals surface area contributed by atoms with Crippen molar-refractivity contribution in [2.24, 2.45) is 21.7 Å². The molecule has 0 fully saturated rings. The van der Waals surface area contributed by atoms with Gasteiger partial charge in [-0.3, -0.25) is 0 Å². The zero-order valence-corrected chi connectivity index (χ0v) is 36.2. The molecule has 0 aromatic heterocycles. The Bertz CT molecular complexity index is 774. The van der Waals surface area contributed by atoms with Crippen LogP contribution in [0.5, 0.6) is 0 Å². The Balaban J connectivity index is -0.000000308. The van der Waals surface area contributed by atoms with Gasteiger partial charge in [0, 0.05) is 36.1 Å². The summed E-state index contributed by atoms with van der Waals surface area (Å²) in [5.74, 6) is 0. The lowest BCUT2D eigenvalue weighted by Gasteiger charge is -2.24. The van der Waals surface area contributed by atoms with Crippen molar-refractivity contribution >= 4 is 116 Å². The van der Waals surface area contributed by atoms with E-state index in [9.17, 15) is 0 Å². The van der Waals surface area contributed by atoms with Gasteiger partial charge in [0.25, 0.3) is 0 Å². The van der Waals surface area contributed by atoms with Gasteiger partial charge in [0.1, 0.15) is 24.5 Å². The molecule has 0 radical (unpaired) electrons. The van der Waals surface area contributed by atoms with Gasteiger partial charge in [-0.05, 0) is 10.8 Å². The normalized spacial score (nSPS) is 15.5. The lowest BCUT2D eigenvalue weighted by Crippen LogP contribution is -3.00. The maximum Gasteiger partial charge on any atom is 0.224 e. The Labute approximate surface area is 326 Å². The molecule has 0 bridgehead atoms. The molecule has 4 nitrogen and oxygen atoms in total. The Hall–Kier alpha value is 1.61. The molecule has 44 heavy (non-hydrogen) atoms. The van der Waals surface area contributed by atoms with Crippen LogP contribution in [-0.4, -0.2) is 50.5 Å². The molecule has 0 spiro atoms. The molecular weight excluding hydrogens is 794 g/mol. The summed E-state index contributed by atoms with van der Waals surface area (Å²) >= 11 is 43.3. The van der Waals surface area contributed by atoms with E-state index in [1.807, 2.05) is 0 Å². The van der Waals surface area contributed by atoms with Crippen molar-refractivity contribution in [1.29, 1.82) is 0 Å². The van der Waals surface area contributed by atoms with Crippen LogP contribution in [0.2, 0.25) is 0 Å². The fraction of sp³-hybridized carbons (Fsp3) is 0.793. The zero-order chi connectivity index (χ0) is 34.1. The van der Waals surface area contributed by atoms with Gasteiger partial charge in [0.2, 0.25) is 11.4 Å². The third-order valence-corrected chi connectivity index (χ3v) is 4.39. The summed E-state index contributed by atoms with van der Waals surface area (Å²) in [6, 6.07) is 0. The summed E-state index contributed by atoms with van der Waals surface area (Å²) in [5.41, 5.74) is 5.48. The maximum atomic E-state index is 4.81. The van der Waals surface area contributed by atoms with Crippen molar-refractivity contribution in [1.82, 2.24) is 10.6 Å². The number of hydrogen-bond acceptors (Lipinski definition) is 2. The van der Waals surface area contributed by atoms with Gasteiger partial charge in [0.15, 0.2) is 12.9 Å². The van der Waals surface area contributed by atoms with Gasteiger partial charge in [-0.15, -0.1) is 0 Å². The third-order valence-electron chi connectivity index (χ3n) is 4.39. The summed E-state index contributed by atoms with van der Waals surface area (Å²) in [6.45, 7) is 30.9. The quantitative estimate of drug-likeness (QED) is 0.245. The average molecular weight is 848 g/mol. The molecule has 0 atom stereocenters. The number of rotatable bonds is 6. The van der Waals surface area contributed by atoms with Gasteiger partial charge in [-0.1, -0.05) is 187 Å². The highest BCUT2D eigenvalue weighted by atomic mass is 35.6. The van der Waals surface area contributed by atoms with Crippen LogP contribution in [0.25, 0.3) is 0 Å². The number of alkyl halides is 9. The smallest absolute Gasteiger partial charge is 0.224 e. The van der Waals surface area contributed by atoms with Crippen LogP contribution < -0.4 is 45.4 Å². The zero-order valence-electron chi connectivity index (χ0n) is 27.9. The van der Waals surface area contributed by atoms with E-state index in [2.05, 4.69) is 116 Å². The number of allylic oxidation sites excluding steroid dienone is 2. The first kappa shape index (κ1) is 55.0. The highest BCUT2D eigenvalue weighted by Gasteiger charge is 2.28. The van der Waals surface area contributed by atoms with Crippen LogP contribution in [0.3, 0.4) is 0 Å². The lowest BCUT2D eigenvalue weighted by atomic mass is 9.94. The number of halogens is 11. The fourth-order valence-electron chi connectivity index (χ4n) is 2.63. The molecular formula is C29H53Cl11N4. The van der Waals surface area contributed by atoms with Crippen molar-refractivity contribution in [3.8, 4) is 0 Å². The molecule has 1 rings (SSSR count). The highest BCUT2D eigenvalue weighted by molar-refractivity contribution is 6.63. The van der Waals surface area contributed by atoms with Crippen molar-refractivity contribution in [2.45, 2.75) is 96.0 Å². The van der Waals surface area contributed by atoms with Crippen LogP contribution in [0.15, 0.2) is 23.5 Å². The second-order valence-electron chi connectivity index (χ2n) is 14.3. The number of nitrogens with one attached hydrogen (secondary N) is 4. The largest absolute Gasteiger partial charge is 1.00 e. The molecule has 0 aromatic rings. The molecule has 0 saturated carbocycles. The first-order valence-corrected chi connectivity index (χ1v) is 17.4. The predicted molar refractivity (Wildman–Crippen MR) is 196 cm³/mol. The second kappa shape index (κ2) is 26.5. The first-order chi connectivity index (χ1) is 18.5. The first-order valence-electron chi connectivity index (χ1n) is 13.4. The molecule has 266 valence electrons. The summed E-state index contributed by atoms with van der Waals surface area (Å²) in [6.07, 6.45) is 4.54. The van der Waals surface area contributed by atoms with E-state index in [0.717, 1.165) is 49.0 Å². The molecule has 15 heteroatoms. The molecule has 0 aliphatic heterocycles. The van der Waals surface area contributed by atoms with Crippen LogP contribution in [0.1, 0.15) is 83.1 Å². The van der Waals surface area contributed by atoms with E-state index < -0.39 is 12.9 Å². The van der Waals surface area contributed by atoms with E-state index in [1.54, 1.807) is 0 Å². The van der Waals surface area contributed by atoms with Gasteiger partial charge in [-0.25, -0.2) is 9.98 Å². The van der Waals surface area contributed by atoms with Crippen molar-refractivity contribution in [2.75, 3.05) is 26.2 Å². The molecule has 0 aromatic carbocycles. The Morgan fingerprint density at radius 1 is 0.477 bits per heavy atom. The van der Waals surface area contributed by atoms with E-state index in [-0.39, 0.29) is 46.5 Å². The third kappa shape index (κ3) is 45.7. The van der Waals surface area contributed by atoms with E-state index in [1.165, 1.54) is 0 Å². The lowest BCUT2D eigenvalue weighted by molar-refractivity contribution is -0.474. The summed E-state index contributed by atoms with van der Waals surface area (Å²) < 4.78 is -2.25. The van der Waals surface area contributed by atoms with Crippen LogP contribution in [0, 0.1) is 21.7 Å². The molecule has 0 unspecified atom stereocenters. The van der Waals surface area contributed by atoms with Gasteiger partial charge < -0.3 is 35.4 Å². The van der Waals surface area contributed by atoms with Crippen molar-refractivity contribution in [3.05, 3.63) is 23.5 Å². The summed E-state index contributed by atoms with van der Waals surface area (Å²) in [4.78, 5) is 7.39. The molecule has 0 heterocycles. The van der Waals surface area contributed by atoms with E-state index in [0.29, 0.717) is 0 Å². The molecule has 1 aliphatic carbocycles. The molecule has 1 aliphatic rings. The van der Waals surface area contributed by atoms with Crippen molar-refractivity contribution < 1.29 is 34.8 Å². The Morgan fingerprint density at radius 3 is 0.841 bits per heavy atom. The van der Waals surface area contributed by atoms with E-state index >= 15 is 0 Å². The topological polar surface area (TPSA) is 52.0 Å². The van der Waals surface area contributed by atoms with Crippen LogP contribution in [-0.2, 0) is 0 Å². The highest BCUT2D eigenvalue weighted by Crippen LogP contribution is 2.16. The van der Waals surface area contributed by atoms with Gasteiger partial charge in [0.05, 0.1) is 0 Å². The summed E-state index contributed by atoms with van der Waals surface area (Å²) in [7, 11) is 0. The average Bonchev–Trinajstić information content (AvgIpc) is 2.70. The minimum absolute atomic E-state index is 0. The molecule has 4 N–H and O–H groups in total. The molecule has 0 amide bonds. The fourth-order valence-corrected chi connectivity index (χ4v) is 2.63. The minimum atomic E-state index is -0.750. The number of hydrogen-bond donors (Lipinski definition) is 4. The monoisotopic (exact) mass is 842 g/mol. The standard InChI is InChI=1S/C26H48N4.3CHCl3.2ClH/c1-23(2,3)15-27-19-13-21(29-17-25(7,8)9)22(30-18-26(10,11)12)14-20(19)28-16-24(4,5)6;3*2-1(3)4;;/h13-14,27,30H,15-18H2,1-12H3;3*1H;2*1H. The SMILES string of the molecule is CC(C)(C)CNC1=CC(=[NH+]CC(C)(C)C)C(NCC(C)(C)C)=CC1=[NH+]CC(C)(C)C.ClC(Cl)Cl.ClC(Cl)Cl.ClC(Cl)Cl.[Cl-].[Cl-]. The van der Waals surface area contributed by atoms with Crippen molar-refractivity contribution in [3.63, 3.8) is 0 Å². The molecule has 0 saturated heterocycles. The van der Waals surface area contributed by atoms with Gasteiger partial charge >= 0.3 is 0 Å². The van der Waals surface area contributed by atoms with E-state index in [4.69, 9.17) is 104 Å². The Kier molecular flexibility index (Phi) is 33.1. The van der Waals surface area contributed by atoms with Crippen LogP contribution in [0.4, 0.5) is 0 Å². The predicted octanol–water partition coefficient (Wildman–Crippen LogP) is 2.14. The summed E-state index contributed by atoms with van der Waals surface area (Å²) in [5, 5.41) is 7.39.